The zero-order chi connectivity index (χ0) is 6.28. The van der Waals surface area contributed by atoms with Crippen molar-refractivity contribution in [3.63, 3.8) is 0 Å². The zero-order valence-corrected chi connectivity index (χ0v) is 8.37. The summed E-state index contributed by atoms with van der Waals surface area (Å²) in [5.41, 5.74) is 0. The fourth-order valence-corrected chi connectivity index (χ4v) is 0. The first-order chi connectivity index (χ1) is 3.15. The van der Waals surface area contributed by atoms with Gasteiger partial charge in [-0.1, -0.05) is 0 Å². The molecule has 0 bridgehead atoms. The summed E-state index contributed by atoms with van der Waals surface area (Å²) in [6.07, 6.45) is 0. The van der Waals surface area contributed by atoms with E-state index in [0.717, 1.165) is 0 Å². The van der Waals surface area contributed by atoms with Gasteiger partial charge in [-0.15, -0.1) is 0 Å². The quantitative estimate of drug-likeness (QED) is 0.427. The topological polar surface area (TPSA) is 180 Å². The van der Waals surface area contributed by atoms with E-state index in [2.05, 4.69) is 0 Å². The van der Waals surface area contributed by atoms with Gasteiger partial charge in [0.1, 0.15) is 0 Å². The minimum atomic E-state index is -4.11. The van der Waals surface area contributed by atoms with E-state index in [1.165, 1.54) is 0 Å². The summed E-state index contributed by atoms with van der Waals surface area (Å²) in [6.45, 7) is 0. The van der Waals surface area contributed by atoms with Crippen molar-refractivity contribution in [2.45, 2.75) is 0 Å². The standard InChI is InChI=1S/2Mo.3H2O.5O/h;;3*1H2;;;;;. The molecular weight excluding hydrogens is 320 g/mol. The molecule has 0 amide bonds. The molecule has 0 aromatic rings. The summed E-state index contributed by atoms with van der Waals surface area (Å²) in [7, 11) is 0. The molecule has 0 atom stereocenters. The van der Waals surface area contributed by atoms with Crippen LogP contribution in [0.3, 0.4) is 0 Å². The fraction of sp³-hybridized carbons (Fsp3) is 0. The Hall–Kier alpha value is 0.257. The van der Waals surface area contributed by atoms with Gasteiger partial charge in [0.25, 0.3) is 0 Å². The molecule has 0 aromatic carbocycles. The molecule has 0 aliphatic rings. The third-order valence-electron chi connectivity index (χ3n) is 0. The average molecular weight is 326 g/mol. The Balaban J connectivity index is -0.0000000131. The van der Waals surface area contributed by atoms with Crippen molar-refractivity contribution in [1.82, 2.24) is 0 Å². The Bertz CT molecular complexity index is 134. The van der Waals surface area contributed by atoms with Crippen LogP contribution in [0.4, 0.5) is 0 Å². The van der Waals surface area contributed by atoms with E-state index < -0.39 is 35.7 Å². The SMILES string of the molecule is O.O.O.[O]=[Mo](=[O])=[O].[O]=[Mo]=[O]. The van der Waals surface area contributed by atoms with Gasteiger partial charge < -0.3 is 16.4 Å². The molecule has 0 heterocycles. The molecule has 6 N–H and O–H groups in total. The second-order valence-corrected chi connectivity index (χ2v) is 1.61. The van der Waals surface area contributed by atoms with Crippen molar-refractivity contribution in [3.05, 3.63) is 0 Å². The fourth-order valence-electron chi connectivity index (χ4n) is 0. The second-order valence-electron chi connectivity index (χ2n) is 0.272. The summed E-state index contributed by atoms with van der Waals surface area (Å²) >= 11 is -6.14. The van der Waals surface area contributed by atoms with Gasteiger partial charge in [0.05, 0.1) is 0 Å². The molecule has 0 saturated heterocycles. The monoisotopic (exact) mass is 330 g/mol. The van der Waals surface area contributed by atoms with Crippen molar-refractivity contribution >= 4 is 0 Å². The Morgan fingerprint density at radius 3 is 0.800 bits per heavy atom. The number of rotatable bonds is 0. The van der Waals surface area contributed by atoms with E-state index in [-0.39, 0.29) is 16.4 Å². The molecule has 0 aromatic heterocycles. The van der Waals surface area contributed by atoms with Gasteiger partial charge in [-0.2, -0.15) is 0 Å². The third kappa shape index (κ3) is 6600. The summed E-state index contributed by atoms with van der Waals surface area (Å²) in [4.78, 5) is 0. The van der Waals surface area contributed by atoms with Crippen LogP contribution in [-0.4, -0.2) is 16.4 Å². The van der Waals surface area contributed by atoms with Gasteiger partial charge in [-0.3, -0.25) is 0 Å². The molecule has 0 saturated carbocycles. The summed E-state index contributed by atoms with van der Waals surface area (Å²) < 4.78 is 42.8. The van der Waals surface area contributed by atoms with Crippen molar-refractivity contribution < 1.29 is 69.1 Å². The van der Waals surface area contributed by atoms with E-state index in [1.54, 1.807) is 0 Å². The van der Waals surface area contributed by atoms with Gasteiger partial charge in [-0.25, -0.2) is 0 Å². The van der Waals surface area contributed by atoms with Crippen molar-refractivity contribution in [2.75, 3.05) is 0 Å². The first-order valence-electron chi connectivity index (χ1n) is 0.833. The van der Waals surface area contributed by atoms with Crippen LogP contribution in [0.25, 0.3) is 0 Å². The molecular formula is H6Mo2O8. The molecule has 0 fully saturated rings. The normalized spacial score (nSPS) is 3.60. The molecule has 8 nitrogen and oxygen atoms in total. The van der Waals surface area contributed by atoms with Crippen LogP contribution < -0.4 is 0 Å². The molecule has 0 rings (SSSR count). The third-order valence-corrected chi connectivity index (χ3v) is 0. The minimum absolute atomic E-state index is 0. The van der Waals surface area contributed by atoms with Gasteiger partial charge in [0.2, 0.25) is 0 Å². The van der Waals surface area contributed by atoms with E-state index in [1.807, 2.05) is 0 Å². The summed E-state index contributed by atoms with van der Waals surface area (Å²) in [6, 6.07) is 0. The maximum absolute atomic E-state index is 8.59. The van der Waals surface area contributed by atoms with Crippen molar-refractivity contribution in [3.8, 4) is 0 Å². The maximum atomic E-state index is 8.59. The Morgan fingerprint density at radius 1 is 0.800 bits per heavy atom. The second kappa shape index (κ2) is 34.8. The number of hydrogen-bond donors (Lipinski definition) is 0. The molecule has 0 spiro atoms. The van der Waals surface area contributed by atoms with Crippen LogP contribution in [-0.2, 0) is 52.7 Å². The summed E-state index contributed by atoms with van der Waals surface area (Å²) in [5, 5.41) is 0. The molecule has 0 radical (unpaired) electrons. The van der Waals surface area contributed by atoms with Crippen LogP contribution >= 0.6 is 0 Å². The first-order valence-corrected chi connectivity index (χ1v) is 4.93. The molecule has 0 unspecified atom stereocenters. The van der Waals surface area contributed by atoms with E-state index in [4.69, 9.17) is 17.0 Å². The van der Waals surface area contributed by atoms with Gasteiger partial charge in [-0.05, 0) is 0 Å². The van der Waals surface area contributed by atoms with Crippen LogP contribution in [0.2, 0.25) is 0 Å². The van der Waals surface area contributed by atoms with Crippen LogP contribution in [0.15, 0.2) is 0 Å². The molecule has 0 aliphatic heterocycles. The average Bonchev–Trinajstić information content (AvgIpc) is 1.33. The molecule has 10 heteroatoms. The number of hydrogen-bond acceptors (Lipinski definition) is 5. The van der Waals surface area contributed by atoms with Crippen LogP contribution in [0.5, 0.6) is 0 Å². The zero-order valence-electron chi connectivity index (χ0n) is 4.36. The predicted octanol–water partition coefficient (Wildman–Crippen LogP) is -3.07. The van der Waals surface area contributed by atoms with Gasteiger partial charge >= 0.3 is 52.7 Å². The van der Waals surface area contributed by atoms with Gasteiger partial charge in [0.15, 0.2) is 0 Å². The molecule has 0 aliphatic carbocycles. The summed E-state index contributed by atoms with van der Waals surface area (Å²) in [5.74, 6) is 0. The molecule has 66 valence electrons. The van der Waals surface area contributed by atoms with Crippen molar-refractivity contribution in [2.24, 2.45) is 0 Å². The predicted molar refractivity (Wildman–Crippen MR) is 14.3 cm³/mol. The van der Waals surface area contributed by atoms with Gasteiger partial charge in [0, 0.05) is 0 Å². The van der Waals surface area contributed by atoms with Crippen LogP contribution in [0, 0.1) is 0 Å². The van der Waals surface area contributed by atoms with E-state index >= 15 is 0 Å². The Kier molecular flexibility index (Phi) is 111. The molecule has 10 heavy (non-hydrogen) atoms. The van der Waals surface area contributed by atoms with Crippen molar-refractivity contribution in [1.29, 1.82) is 0 Å². The van der Waals surface area contributed by atoms with Crippen LogP contribution in [0.1, 0.15) is 0 Å². The first kappa shape index (κ1) is 31.8. The Labute approximate surface area is 69.2 Å². The van der Waals surface area contributed by atoms with E-state index in [0.29, 0.717) is 0 Å². The van der Waals surface area contributed by atoms with E-state index in [9.17, 15) is 0 Å². The Morgan fingerprint density at radius 2 is 0.800 bits per heavy atom.